The minimum absolute atomic E-state index is 0.00971. The summed E-state index contributed by atoms with van der Waals surface area (Å²) in [5, 5.41) is 12.0. The van der Waals surface area contributed by atoms with Crippen LogP contribution in [0.1, 0.15) is 36.3 Å². The quantitative estimate of drug-likeness (QED) is 0.939. The molecule has 2 aromatic heterocycles. The molecule has 0 saturated carbocycles. The van der Waals surface area contributed by atoms with Gasteiger partial charge in [0.1, 0.15) is 6.04 Å². The van der Waals surface area contributed by atoms with Crippen molar-refractivity contribution in [1.82, 2.24) is 24.9 Å². The van der Waals surface area contributed by atoms with E-state index >= 15 is 0 Å². The van der Waals surface area contributed by atoms with Gasteiger partial charge in [-0.3, -0.25) is 14.6 Å². The number of hydrogen-bond acceptors (Lipinski definition) is 3. The molecule has 1 aliphatic carbocycles. The van der Waals surface area contributed by atoms with Crippen molar-refractivity contribution in [3.63, 3.8) is 0 Å². The van der Waals surface area contributed by atoms with Crippen LogP contribution in [0, 0.1) is 0 Å². The van der Waals surface area contributed by atoms with E-state index in [9.17, 15) is 4.79 Å². The molecule has 0 bridgehead atoms. The Bertz CT molecular complexity index is 662. The van der Waals surface area contributed by atoms with Gasteiger partial charge < -0.3 is 4.90 Å². The average molecular weight is 308 g/mol. The van der Waals surface area contributed by atoms with Crippen molar-refractivity contribution in [2.24, 2.45) is 0 Å². The summed E-state index contributed by atoms with van der Waals surface area (Å²) < 4.78 is 1.58. The first-order valence-corrected chi connectivity index (χ1v) is 7.43. The van der Waals surface area contributed by atoms with Gasteiger partial charge in [0, 0.05) is 18.9 Å². The number of halogens is 1. The molecule has 21 heavy (non-hydrogen) atoms. The third-order valence-electron chi connectivity index (χ3n) is 3.98. The van der Waals surface area contributed by atoms with Gasteiger partial charge in [0.2, 0.25) is 5.91 Å². The Morgan fingerprint density at radius 3 is 3.10 bits per heavy atom. The van der Waals surface area contributed by atoms with Gasteiger partial charge in [-0.2, -0.15) is 10.2 Å². The van der Waals surface area contributed by atoms with Gasteiger partial charge in [-0.05, 0) is 31.7 Å². The third-order valence-corrected chi connectivity index (χ3v) is 4.17. The predicted octanol–water partition coefficient (Wildman–Crippen LogP) is 1.97. The second-order valence-corrected chi connectivity index (χ2v) is 5.93. The zero-order valence-corrected chi connectivity index (χ0v) is 12.9. The standard InChI is InChI=1S/C14H18ClN5O/c1-9(20-7-10(15)6-16-20)14(21)19(2)8-13-11-4-3-5-12(11)17-18-13/h6-7,9H,3-5,8H2,1-2H3,(H,17,18). The van der Waals surface area contributed by atoms with Gasteiger partial charge in [-0.15, -0.1) is 0 Å². The lowest BCUT2D eigenvalue weighted by molar-refractivity contribution is -0.133. The molecule has 1 N–H and O–H groups in total. The van der Waals surface area contributed by atoms with Gasteiger partial charge in [-0.25, -0.2) is 0 Å². The van der Waals surface area contributed by atoms with E-state index in [1.807, 2.05) is 6.92 Å². The molecule has 0 fully saturated rings. The molecule has 1 unspecified atom stereocenters. The topological polar surface area (TPSA) is 66.8 Å². The van der Waals surface area contributed by atoms with Crippen molar-refractivity contribution in [1.29, 1.82) is 0 Å². The van der Waals surface area contributed by atoms with Gasteiger partial charge in [0.05, 0.1) is 23.5 Å². The number of aromatic nitrogens is 4. The summed E-state index contributed by atoms with van der Waals surface area (Å²) in [6.07, 6.45) is 6.46. The van der Waals surface area contributed by atoms with Crippen molar-refractivity contribution in [3.05, 3.63) is 34.4 Å². The van der Waals surface area contributed by atoms with Crippen LogP contribution in [-0.4, -0.2) is 37.8 Å². The maximum atomic E-state index is 12.5. The summed E-state index contributed by atoms with van der Waals surface area (Å²) in [6.45, 7) is 2.33. The molecule has 1 atom stereocenters. The molecule has 0 aliphatic heterocycles. The molecule has 2 heterocycles. The van der Waals surface area contributed by atoms with Gasteiger partial charge in [0.15, 0.2) is 0 Å². The second-order valence-electron chi connectivity index (χ2n) is 5.49. The number of rotatable bonds is 4. The number of amides is 1. The molecular formula is C14H18ClN5O. The van der Waals surface area contributed by atoms with Crippen LogP contribution in [0.2, 0.25) is 5.02 Å². The summed E-state index contributed by atoms with van der Waals surface area (Å²) >= 11 is 5.85. The van der Waals surface area contributed by atoms with E-state index in [2.05, 4.69) is 15.3 Å². The fourth-order valence-corrected chi connectivity index (χ4v) is 2.92. The zero-order chi connectivity index (χ0) is 15.0. The molecular weight excluding hydrogens is 290 g/mol. The molecule has 3 rings (SSSR count). The van der Waals surface area contributed by atoms with Crippen LogP contribution in [0.25, 0.3) is 0 Å². The van der Waals surface area contributed by atoms with Crippen LogP contribution < -0.4 is 0 Å². The van der Waals surface area contributed by atoms with E-state index in [0.717, 1.165) is 25.0 Å². The van der Waals surface area contributed by atoms with Crippen LogP contribution in [0.3, 0.4) is 0 Å². The Labute approximate surface area is 128 Å². The maximum absolute atomic E-state index is 12.5. The number of H-pyrrole nitrogens is 1. The zero-order valence-electron chi connectivity index (χ0n) is 12.1. The van der Waals surface area contributed by atoms with E-state index in [1.54, 1.807) is 22.8 Å². The molecule has 6 nitrogen and oxygen atoms in total. The average Bonchev–Trinajstić information content (AvgIpc) is 3.15. The molecule has 0 aromatic carbocycles. The molecule has 0 radical (unpaired) electrons. The first-order chi connectivity index (χ1) is 10.1. The summed E-state index contributed by atoms with van der Waals surface area (Å²) in [5.41, 5.74) is 3.48. The van der Waals surface area contributed by atoms with Crippen molar-refractivity contribution in [2.75, 3.05) is 7.05 Å². The molecule has 1 amide bonds. The SMILES string of the molecule is CC(C(=O)N(C)Cc1n[nH]c2c1CCC2)n1cc(Cl)cn1. The van der Waals surface area contributed by atoms with Crippen molar-refractivity contribution in [3.8, 4) is 0 Å². The van der Waals surface area contributed by atoms with Crippen LogP contribution in [0.15, 0.2) is 12.4 Å². The Balaban J connectivity index is 1.69. The number of hydrogen-bond donors (Lipinski definition) is 1. The second kappa shape index (κ2) is 5.52. The van der Waals surface area contributed by atoms with E-state index < -0.39 is 0 Å². The van der Waals surface area contributed by atoms with E-state index in [0.29, 0.717) is 11.6 Å². The molecule has 1 aliphatic rings. The Morgan fingerprint density at radius 1 is 1.57 bits per heavy atom. The summed E-state index contributed by atoms with van der Waals surface area (Å²) in [5.74, 6) is -0.00971. The summed E-state index contributed by atoms with van der Waals surface area (Å²) in [7, 11) is 1.79. The van der Waals surface area contributed by atoms with Crippen LogP contribution in [0.4, 0.5) is 0 Å². The first-order valence-electron chi connectivity index (χ1n) is 7.06. The summed E-state index contributed by atoms with van der Waals surface area (Å²) in [4.78, 5) is 14.2. The number of aryl methyl sites for hydroxylation is 1. The number of nitrogens with one attached hydrogen (secondary N) is 1. The smallest absolute Gasteiger partial charge is 0.247 e. The highest BCUT2D eigenvalue weighted by Crippen LogP contribution is 2.24. The fraction of sp³-hybridized carbons (Fsp3) is 0.500. The van der Waals surface area contributed by atoms with E-state index in [4.69, 9.17) is 11.6 Å². The van der Waals surface area contributed by atoms with Gasteiger partial charge in [-0.1, -0.05) is 11.6 Å². The number of nitrogens with zero attached hydrogens (tertiary/aromatic N) is 4. The molecule has 7 heteroatoms. The number of aromatic amines is 1. The third kappa shape index (κ3) is 2.68. The van der Waals surface area contributed by atoms with E-state index in [-0.39, 0.29) is 11.9 Å². The molecule has 0 saturated heterocycles. The number of carbonyl (C=O) groups is 1. The first kappa shape index (κ1) is 14.1. The Kier molecular flexibility index (Phi) is 3.71. The number of likely N-dealkylation sites (N-methyl/N-ethyl adjacent to an activating group) is 1. The summed E-state index contributed by atoms with van der Waals surface area (Å²) in [6, 6.07) is -0.380. The maximum Gasteiger partial charge on any atom is 0.247 e. The van der Waals surface area contributed by atoms with Crippen molar-refractivity contribution in [2.45, 2.75) is 38.8 Å². The largest absolute Gasteiger partial charge is 0.338 e. The van der Waals surface area contributed by atoms with Crippen LogP contribution >= 0.6 is 11.6 Å². The Morgan fingerprint density at radius 2 is 2.38 bits per heavy atom. The highest BCUT2D eigenvalue weighted by molar-refractivity contribution is 6.30. The predicted molar refractivity (Wildman–Crippen MR) is 79.0 cm³/mol. The molecule has 2 aromatic rings. The monoisotopic (exact) mass is 307 g/mol. The lowest BCUT2D eigenvalue weighted by Gasteiger charge is -2.21. The normalized spacial score (nSPS) is 15.0. The fourth-order valence-electron chi connectivity index (χ4n) is 2.78. The van der Waals surface area contributed by atoms with Crippen LogP contribution in [-0.2, 0) is 24.2 Å². The number of carbonyl (C=O) groups excluding carboxylic acids is 1. The number of fused-ring (bicyclic) bond motifs is 1. The molecule has 112 valence electrons. The van der Waals surface area contributed by atoms with Crippen molar-refractivity contribution < 1.29 is 4.79 Å². The highest BCUT2D eigenvalue weighted by atomic mass is 35.5. The van der Waals surface area contributed by atoms with Crippen molar-refractivity contribution >= 4 is 17.5 Å². The minimum atomic E-state index is -0.380. The molecule has 0 spiro atoms. The minimum Gasteiger partial charge on any atom is -0.338 e. The van der Waals surface area contributed by atoms with Crippen LogP contribution in [0.5, 0.6) is 0 Å². The van der Waals surface area contributed by atoms with E-state index in [1.165, 1.54) is 17.5 Å². The Hall–Kier alpha value is -1.82. The lowest BCUT2D eigenvalue weighted by atomic mass is 10.2. The van der Waals surface area contributed by atoms with Gasteiger partial charge >= 0.3 is 0 Å². The highest BCUT2D eigenvalue weighted by Gasteiger charge is 2.24. The lowest BCUT2D eigenvalue weighted by Crippen LogP contribution is -2.33. The van der Waals surface area contributed by atoms with Gasteiger partial charge in [0.25, 0.3) is 0 Å².